The fourth-order valence-corrected chi connectivity index (χ4v) is 2.57. The topological polar surface area (TPSA) is 68.5 Å². The van der Waals surface area contributed by atoms with E-state index in [9.17, 15) is 14.0 Å². The van der Waals surface area contributed by atoms with Crippen LogP contribution < -0.4 is 5.32 Å². The predicted octanol–water partition coefficient (Wildman–Crippen LogP) is 3.91. The number of ether oxygens (including phenoxy) is 1. The molecule has 134 valence electrons. The Bertz CT molecular complexity index is 977. The van der Waals surface area contributed by atoms with Crippen molar-refractivity contribution in [3.05, 3.63) is 65.2 Å². The van der Waals surface area contributed by atoms with Crippen LogP contribution in [-0.2, 0) is 20.7 Å². The van der Waals surface area contributed by atoms with Crippen LogP contribution in [0, 0.1) is 19.7 Å². The molecule has 26 heavy (non-hydrogen) atoms. The van der Waals surface area contributed by atoms with Gasteiger partial charge in [-0.25, -0.2) is 4.39 Å². The SMILES string of the molecule is Cc1cc2occ(CC(=O)OCC(=O)Nc3ccccc3F)c2cc1C. The molecule has 1 N–H and O–H groups in total. The summed E-state index contributed by atoms with van der Waals surface area (Å²) in [6.45, 7) is 3.48. The van der Waals surface area contributed by atoms with Gasteiger partial charge in [-0.15, -0.1) is 0 Å². The van der Waals surface area contributed by atoms with E-state index in [4.69, 9.17) is 9.15 Å². The number of esters is 1. The van der Waals surface area contributed by atoms with Gasteiger partial charge in [0.15, 0.2) is 6.61 Å². The lowest BCUT2D eigenvalue weighted by atomic mass is 10.0. The molecule has 1 amide bonds. The second-order valence-electron chi connectivity index (χ2n) is 6.06. The number of carbonyl (C=O) groups excluding carboxylic acids is 2. The normalized spacial score (nSPS) is 10.7. The van der Waals surface area contributed by atoms with E-state index in [1.807, 2.05) is 26.0 Å². The van der Waals surface area contributed by atoms with E-state index in [1.165, 1.54) is 24.5 Å². The minimum Gasteiger partial charge on any atom is -0.464 e. The number of hydrogen-bond donors (Lipinski definition) is 1. The standard InChI is InChI=1S/C20H18FNO4/c1-12-7-15-14(10-25-18(15)8-13(12)2)9-20(24)26-11-19(23)22-17-6-4-3-5-16(17)21/h3-8,10H,9,11H2,1-2H3,(H,22,23). The van der Waals surface area contributed by atoms with Gasteiger partial charge in [-0.2, -0.15) is 0 Å². The predicted molar refractivity (Wildman–Crippen MR) is 95.4 cm³/mol. The number of para-hydroxylation sites is 1. The molecule has 0 atom stereocenters. The smallest absolute Gasteiger partial charge is 0.310 e. The number of amides is 1. The summed E-state index contributed by atoms with van der Waals surface area (Å²) in [4.78, 5) is 23.8. The summed E-state index contributed by atoms with van der Waals surface area (Å²) < 4.78 is 23.9. The number of anilines is 1. The third kappa shape index (κ3) is 3.91. The fourth-order valence-electron chi connectivity index (χ4n) is 2.57. The summed E-state index contributed by atoms with van der Waals surface area (Å²) in [6, 6.07) is 9.65. The van der Waals surface area contributed by atoms with Crippen LogP contribution in [0.5, 0.6) is 0 Å². The van der Waals surface area contributed by atoms with Gasteiger partial charge in [0.1, 0.15) is 11.4 Å². The zero-order valence-electron chi connectivity index (χ0n) is 14.5. The molecule has 6 heteroatoms. The quantitative estimate of drug-likeness (QED) is 0.705. The number of fused-ring (bicyclic) bond motifs is 1. The highest BCUT2D eigenvalue weighted by Gasteiger charge is 2.14. The number of aryl methyl sites for hydroxylation is 2. The third-order valence-electron chi connectivity index (χ3n) is 4.12. The van der Waals surface area contributed by atoms with Gasteiger partial charge in [0, 0.05) is 10.9 Å². The van der Waals surface area contributed by atoms with Crippen LogP contribution in [0.4, 0.5) is 10.1 Å². The van der Waals surface area contributed by atoms with Crippen LogP contribution in [0.15, 0.2) is 47.1 Å². The van der Waals surface area contributed by atoms with E-state index in [-0.39, 0.29) is 12.1 Å². The highest BCUT2D eigenvalue weighted by atomic mass is 19.1. The number of rotatable bonds is 5. The summed E-state index contributed by atoms with van der Waals surface area (Å²) in [5.74, 6) is -1.72. The molecular weight excluding hydrogens is 337 g/mol. The Balaban J connectivity index is 1.58. The highest BCUT2D eigenvalue weighted by molar-refractivity contribution is 5.93. The highest BCUT2D eigenvalue weighted by Crippen LogP contribution is 2.25. The molecule has 0 radical (unpaired) electrons. The van der Waals surface area contributed by atoms with Crippen LogP contribution in [0.3, 0.4) is 0 Å². The lowest BCUT2D eigenvalue weighted by Gasteiger charge is -2.07. The number of carbonyl (C=O) groups is 2. The van der Waals surface area contributed by atoms with Gasteiger partial charge < -0.3 is 14.5 Å². The lowest BCUT2D eigenvalue weighted by molar-refractivity contribution is -0.146. The first kappa shape index (κ1) is 17.7. The number of hydrogen-bond acceptors (Lipinski definition) is 4. The monoisotopic (exact) mass is 355 g/mol. The van der Waals surface area contributed by atoms with Crippen LogP contribution in [0.1, 0.15) is 16.7 Å². The molecular formula is C20H18FNO4. The van der Waals surface area contributed by atoms with E-state index in [0.717, 1.165) is 16.5 Å². The van der Waals surface area contributed by atoms with E-state index in [1.54, 1.807) is 6.07 Å². The minimum absolute atomic E-state index is 0.0114. The average Bonchev–Trinajstić information content (AvgIpc) is 2.97. The fraction of sp³-hybridized carbons (Fsp3) is 0.200. The van der Waals surface area contributed by atoms with E-state index >= 15 is 0 Å². The molecule has 1 aromatic heterocycles. The molecule has 0 fully saturated rings. The number of nitrogens with one attached hydrogen (secondary N) is 1. The van der Waals surface area contributed by atoms with Crippen molar-refractivity contribution >= 4 is 28.5 Å². The summed E-state index contributed by atoms with van der Waals surface area (Å²) in [5.41, 5.74) is 3.64. The minimum atomic E-state index is -0.605. The number of halogens is 1. The third-order valence-corrected chi connectivity index (χ3v) is 4.12. The van der Waals surface area contributed by atoms with Crippen LogP contribution in [-0.4, -0.2) is 18.5 Å². The van der Waals surface area contributed by atoms with Crippen molar-refractivity contribution in [3.8, 4) is 0 Å². The molecule has 0 aliphatic carbocycles. The molecule has 3 rings (SSSR count). The number of benzene rings is 2. The second-order valence-corrected chi connectivity index (χ2v) is 6.06. The molecule has 0 spiro atoms. The summed E-state index contributed by atoms with van der Waals surface area (Å²) in [7, 11) is 0. The first-order chi connectivity index (χ1) is 12.4. The molecule has 0 saturated carbocycles. The van der Waals surface area contributed by atoms with Crippen LogP contribution >= 0.6 is 0 Å². The largest absolute Gasteiger partial charge is 0.464 e. The van der Waals surface area contributed by atoms with Gasteiger partial charge in [0.2, 0.25) is 0 Å². The Hall–Kier alpha value is -3.15. The Morgan fingerprint density at radius 3 is 2.65 bits per heavy atom. The molecule has 0 aliphatic rings. The van der Waals surface area contributed by atoms with Crippen LogP contribution in [0.25, 0.3) is 11.0 Å². The van der Waals surface area contributed by atoms with E-state index in [2.05, 4.69) is 5.32 Å². The van der Waals surface area contributed by atoms with Gasteiger partial charge in [-0.05, 0) is 49.2 Å². The Kier molecular flexibility index (Phi) is 5.02. The van der Waals surface area contributed by atoms with E-state index in [0.29, 0.717) is 11.1 Å². The van der Waals surface area contributed by atoms with Crippen molar-refractivity contribution in [2.75, 3.05) is 11.9 Å². The Morgan fingerprint density at radius 2 is 1.88 bits per heavy atom. The summed E-state index contributed by atoms with van der Waals surface area (Å²) in [5, 5.41) is 3.21. The Morgan fingerprint density at radius 1 is 1.15 bits per heavy atom. The maximum atomic E-state index is 13.5. The van der Waals surface area contributed by atoms with E-state index < -0.39 is 24.3 Å². The second kappa shape index (κ2) is 7.39. The van der Waals surface area contributed by atoms with Crippen molar-refractivity contribution in [3.63, 3.8) is 0 Å². The first-order valence-corrected chi connectivity index (χ1v) is 8.11. The molecule has 0 unspecified atom stereocenters. The maximum absolute atomic E-state index is 13.5. The van der Waals surface area contributed by atoms with Crippen molar-refractivity contribution in [2.45, 2.75) is 20.3 Å². The van der Waals surface area contributed by atoms with Gasteiger partial charge in [0.05, 0.1) is 18.4 Å². The summed E-state index contributed by atoms with van der Waals surface area (Å²) in [6.07, 6.45) is 1.51. The average molecular weight is 355 g/mol. The molecule has 2 aromatic carbocycles. The van der Waals surface area contributed by atoms with Crippen molar-refractivity contribution in [2.24, 2.45) is 0 Å². The summed E-state index contributed by atoms with van der Waals surface area (Å²) >= 11 is 0. The molecule has 3 aromatic rings. The van der Waals surface area contributed by atoms with Gasteiger partial charge >= 0.3 is 5.97 Å². The van der Waals surface area contributed by atoms with Gasteiger partial charge in [-0.1, -0.05) is 12.1 Å². The zero-order chi connectivity index (χ0) is 18.7. The van der Waals surface area contributed by atoms with Gasteiger partial charge in [-0.3, -0.25) is 9.59 Å². The molecule has 1 heterocycles. The van der Waals surface area contributed by atoms with Crippen LogP contribution in [0.2, 0.25) is 0 Å². The lowest BCUT2D eigenvalue weighted by Crippen LogP contribution is -2.22. The van der Waals surface area contributed by atoms with Crippen molar-refractivity contribution < 1.29 is 23.1 Å². The van der Waals surface area contributed by atoms with Crippen molar-refractivity contribution in [1.82, 2.24) is 0 Å². The molecule has 5 nitrogen and oxygen atoms in total. The molecule has 0 saturated heterocycles. The number of furan rings is 1. The molecule has 0 aliphatic heterocycles. The maximum Gasteiger partial charge on any atom is 0.310 e. The zero-order valence-corrected chi connectivity index (χ0v) is 14.5. The molecule has 0 bridgehead atoms. The first-order valence-electron chi connectivity index (χ1n) is 8.11. The van der Waals surface area contributed by atoms with Crippen molar-refractivity contribution in [1.29, 1.82) is 0 Å². The Labute approximate surface area is 149 Å². The van der Waals surface area contributed by atoms with Gasteiger partial charge in [0.25, 0.3) is 5.91 Å².